The third kappa shape index (κ3) is 3.39. The van der Waals surface area contributed by atoms with E-state index < -0.39 is 5.82 Å². The van der Waals surface area contributed by atoms with E-state index in [4.69, 9.17) is 11.6 Å². The average molecular weight is 433 g/mol. The van der Waals surface area contributed by atoms with Gasteiger partial charge in [0, 0.05) is 17.4 Å². The first kappa shape index (κ1) is 19.1. The largest absolute Gasteiger partial charge is 0.306 e. The first-order valence-electron chi connectivity index (χ1n) is 9.45. The van der Waals surface area contributed by atoms with Gasteiger partial charge in [-0.05, 0) is 29.8 Å². The Morgan fingerprint density at radius 3 is 2.55 bits per heavy atom. The third-order valence-corrected chi connectivity index (χ3v) is 5.46. The van der Waals surface area contributed by atoms with Crippen LogP contribution in [0.4, 0.5) is 4.39 Å². The van der Waals surface area contributed by atoms with Crippen molar-refractivity contribution in [1.82, 2.24) is 20.2 Å². The predicted molar refractivity (Wildman–Crippen MR) is 118 cm³/mol. The molecule has 0 aliphatic rings. The molecule has 0 aliphatic heterocycles. The number of H-pyrrole nitrogens is 2. The summed E-state index contributed by atoms with van der Waals surface area (Å²) in [5.74, 6) is -0.221. The maximum absolute atomic E-state index is 14.9. The topological polar surface area (TPSA) is 91.5 Å². The highest BCUT2D eigenvalue weighted by Crippen LogP contribution is 2.24. The molecule has 152 valence electrons. The molecule has 8 heteroatoms. The van der Waals surface area contributed by atoms with Crippen LogP contribution in [0.25, 0.3) is 33.1 Å². The molecular formula is C23H14ClFN4O2. The lowest BCUT2D eigenvalue weighted by Crippen LogP contribution is -2.12. The normalized spacial score (nSPS) is 11.3. The second kappa shape index (κ2) is 7.45. The van der Waals surface area contributed by atoms with Crippen molar-refractivity contribution in [2.45, 2.75) is 6.42 Å². The summed E-state index contributed by atoms with van der Waals surface area (Å²) in [7, 11) is 0. The Bertz CT molecular complexity index is 1590. The lowest BCUT2D eigenvalue weighted by atomic mass is 10.0. The van der Waals surface area contributed by atoms with Gasteiger partial charge >= 0.3 is 0 Å². The molecule has 0 aliphatic carbocycles. The smallest absolute Gasteiger partial charge is 0.272 e. The van der Waals surface area contributed by atoms with E-state index in [1.165, 1.54) is 6.07 Å². The fourth-order valence-corrected chi connectivity index (χ4v) is 3.87. The molecule has 2 heterocycles. The molecule has 0 radical (unpaired) electrons. The molecule has 5 aromatic rings. The molecule has 3 aromatic carbocycles. The summed E-state index contributed by atoms with van der Waals surface area (Å²) in [5.41, 5.74) is 1.15. The van der Waals surface area contributed by atoms with Crippen LogP contribution in [0.15, 0.2) is 70.3 Å². The number of aromatic nitrogens is 4. The fourth-order valence-electron chi connectivity index (χ4n) is 3.61. The third-order valence-electron chi connectivity index (χ3n) is 5.14. The van der Waals surface area contributed by atoms with Gasteiger partial charge in [-0.25, -0.2) is 14.5 Å². The summed E-state index contributed by atoms with van der Waals surface area (Å²) in [4.78, 5) is 31.5. The van der Waals surface area contributed by atoms with Gasteiger partial charge in [0.1, 0.15) is 11.6 Å². The Hall–Kier alpha value is -3.84. The van der Waals surface area contributed by atoms with E-state index >= 15 is 0 Å². The van der Waals surface area contributed by atoms with Crippen LogP contribution in [0.1, 0.15) is 11.3 Å². The summed E-state index contributed by atoms with van der Waals surface area (Å²) in [6.45, 7) is 0. The van der Waals surface area contributed by atoms with Gasteiger partial charge < -0.3 is 4.98 Å². The second-order valence-electron chi connectivity index (χ2n) is 7.08. The average Bonchev–Trinajstić information content (AvgIpc) is 2.77. The van der Waals surface area contributed by atoms with Crippen molar-refractivity contribution in [3.05, 3.63) is 103 Å². The molecule has 5 rings (SSSR count). The zero-order valence-electron chi connectivity index (χ0n) is 15.9. The van der Waals surface area contributed by atoms with Gasteiger partial charge in [0.25, 0.3) is 11.1 Å². The van der Waals surface area contributed by atoms with Gasteiger partial charge in [0.2, 0.25) is 0 Å². The lowest BCUT2D eigenvalue weighted by Gasteiger charge is -2.08. The minimum absolute atomic E-state index is 0.195. The summed E-state index contributed by atoms with van der Waals surface area (Å²) >= 11 is 6.09. The minimum Gasteiger partial charge on any atom is -0.306 e. The van der Waals surface area contributed by atoms with Crippen LogP contribution in [-0.4, -0.2) is 20.2 Å². The molecule has 2 aromatic heterocycles. The molecule has 0 saturated carbocycles. The number of halogens is 2. The van der Waals surface area contributed by atoms with Gasteiger partial charge in [-0.3, -0.25) is 9.59 Å². The molecule has 0 amide bonds. The molecule has 6 nitrogen and oxygen atoms in total. The number of nitrogens with zero attached hydrogens (tertiary/aromatic N) is 2. The molecule has 0 spiro atoms. The SMILES string of the molecule is O=c1[nH]nc(Cc2ccc(-c3nc4cccc(Cl)c4c(=O)[nH]3)cc2F)c2ccccc12. The van der Waals surface area contributed by atoms with Gasteiger partial charge in [-0.15, -0.1) is 0 Å². The number of aromatic amines is 2. The van der Waals surface area contributed by atoms with Gasteiger partial charge in [-0.1, -0.05) is 48.0 Å². The molecule has 0 atom stereocenters. The predicted octanol–water partition coefficient (Wildman–Crippen LogP) is 4.21. The first-order valence-corrected chi connectivity index (χ1v) is 9.83. The van der Waals surface area contributed by atoms with Crippen molar-refractivity contribution >= 4 is 33.3 Å². The minimum atomic E-state index is -0.469. The molecule has 2 N–H and O–H groups in total. The molecule has 0 saturated heterocycles. The van der Waals surface area contributed by atoms with Crippen molar-refractivity contribution < 1.29 is 4.39 Å². The Morgan fingerprint density at radius 2 is 1.74 bits per heavy atom. The van der Waals surface area contributed by atoms with Crippen molar-refractivity contribution in [2.24, 2.45) is 0 Å². The fraction of sp³-hybridized carbons (Fsp3) is 0.0435. The number of nitrogens with one attached hydrogen (secondary N) is 2. The van der Waals surface area contributed by atoms with Crippen molar-refractivity contribution in [3.8, 4) is 11.4 Å². The number of hydrogen-bond donors (Lipinski definition) is 2. The van der Waals surface area contributed by atoms with Crippen LogP contribution in [0.5, 0.6) is 0 Å². The van der Waals surface area contributed by atoms with Crippen LogP contribution in [-0.2, 0) is 6.42 Å². The van der Waals surface area contributed by atoms with Crippen molar-refractivity contribution in [1.29, 1.82) is 0 Å². The van der Waals surface area contributed by atoms with Gasteiger partial charge in [-0.2, -0.15) is 5.10 Å². The Kier molecular flexibility index (Phi) is 4.60. The molecule has 0 unspecified atom stereocenters. The molecular weight excluding hydrogens is 419 g/mol. The maximum atomic E-state index is 14.9. The first-order chi connectivity index (χ1) is 15.0. The highest BCUT2D eigenvalue weighted by Gasteiger charge is 2.13. The number of rotatable bonds is 3. The van der Waals surface area contributed by atoms with Crippen LogP contribution >= 0.6 is 11.6 Å². The van der Waals surface area contributed by atoms with E-state index in [1.54, 1.807) is 54.6 Å². The number of fused-ring (bicyclic) bond motifs is 2. The highest BCUT2D eigenvalue weighted by atomic mass is 35.5. The van der Waals surface area contributed by atoms with Gasteiger partial charge in [0.05, 0.1) is 27.0 Å². The van der Waals surface area contributed by atoms with E-state index in [0.717, 1.165) is 0 Å². The second-order valence-corrected chi connectivity index (χ2v) is 7.48. The van der Waals surface area contributed by atoms with E-state index in [-0.39, 0.29) is 23.4 Å². The molecule has 0 bridgehead atoms. The van der Waals surface area contributed by atoms with E-state index in [9.17, 15) is 14.0 Å². The Morgan fingerprint density at radius 1 is 0.935 bits per heavy atom. The van der Waals surface area contributed by atoms with Gasteiger partial charge in [0.15, 0.2) is 0 Å². The van der Waals surface area contributed by atoms with Crippen molar-refractivity contribution in [2.75, 3.05) is 0 Å². The van der Waals surface area contributed by atoms with E-state index in [0.29, 0.717) is 43.5 Å². The summed E-state index contributed by atoms with van der Waals surface area (Å²) in [5, 5.41) is 8.33. The highest BCUT2D eigenvalue weighted by molar-refractivity contribution is 6.35. The summed E-state index contributed by atoms with van der Waals surface area (Å²) in [6, 6.07) is 16.7. The number of hydrogen-bond acceptors (Lipinski definition) is 4. The Balaban J connectivity index is 1.55. The van der Waals surface area contributed by atoms with Crippen LogP contribution in [0, 0.1) is 5.82 Å². The van der Waals surface area contributed by atoms with Crippen LogP contribution in [0.2, 0.25) is 5.02 Å². The standard InChI is InChI=1S/C23H14ClFN4O2/c24-16-6-3-7-18-20(16)23(31)27-21(26-18)13-9-8-12(17(25)10-13)11-19-14-4-1-2-5-15(14)22(30)29-28-19/h1-10H,11H2,(H,29,30)(H,26,27,31). The Labute approximate surface area is 179 Å². The van der Waals surface area contributed by atoms with Crippen LogP contribution in [0.3, 0.4) is 0 Å². The zero-order valence-corrected chi connectivity index (χ0v) is 16.7. The summed E-state index contributed by atoms with van der Waals surface area (Å²) in [6.07, 6.45) is 0.195. The zero-order chi connectivity index (χ0) is 21.5. The van der Waals surface area contributed by atoms with Crippen molar-refractivity contribution in [3.63, 3.8) is 0 Å². The molecule has 0 fully saturated rings. The van der Waals surface area contributed by atoms with E-state index in [2.05, 4.69) is 20.2 Å². The van der Waals surface area contributed by atoms with Crippen LogP contribution < -0.4 is 11.1 Å². The molecule has 31 heavy (non-hydrogen) atoms. The number of benzene rings is 3. The van der Waals surface area contributed by atoms with E-state index in [1.807, 2.05) is 0 Å². The monoisotopic (exact) mass is 432 g/mol. The quantitative estimate of drug-likeness (QED) is 0.446. The summed E-state index contributed by atoms with van der Waals surface area (Å²) < 4.78 is 14.9. The maximum Gasteiger partial charge on any atom is 0.272 e. The lowest BCUT2D eigenvalue weighted by molar-refractivity contribution is 0.613.